The summed E-state index contributed by atoms with van der Waals surface area (Å²) >= 11 is 12.9. The van der Waals surface area contributed by atoms with Gasteiger partial charge < -0.3 is 4.42 Å². The fourth-order valence-electron chi connectivity index (χ4n) is 1.57. The quantitative estimate of drug-likeness (QED) is 0.769. The van der Waals surface area contributed by atoms with Crippen LogP contribution >= 0.6 is 34.5 Å². The Bertz CT molecular complexity index is 783. The van der Waals surface area contributed by atoms with Crippen molar-refractivity contribution in [2.24, 2.45) is 0 Å². The van der Waals surface area contributed by atoms with Crippen molar-refractivity contribution in [3.05, 3.63) is 51.3 Å². The minimum atomic E-state index is -0.355. The highest BCUT2D eigenvalue weighted by Crippen LogP contribution is 2.30. The van der Waals surface area contributed by atoms with Gasteiger partial charge in [0.25, 0.3) is 11.8 Å². The minimum Gasteiger partial charge on any atom is -0.402 e. The largest absolute Gasteiger partial charge is 0.402 e. The predicted octanol–water partition coefficient (Wildman–Crippen LogP) is 4.36. The molecule has 0 aliphatic rings. The van der Waals surface area contributed by atoms with E-state index in [9.17, 15) is 4.79 Å². The van der Waals surface area contributed by atoms with Crippen LogP contribution in [0, 0.1) is 0 Å². The van der Waals surface area contributed by atoms with Crippen molar-refractivity contribution in [1.29, 1.82) is 0 Å². The molecule has 0 aliphatic carbocycles. The summed E-state index contributed by atoms with van der Waals surface area (Å²) in [6.45, 7) is 0. The number of carbonyl (C=O) groups excluding carboxylic acids is 1. The van der Waals surface area contributed by atoms with Crippen molar-refractivity contribution in [3.63, 3.8) is 0 Å². The van der Waals surface area contributed by atoms with Gasteiger partial charge in [-0.1, -0.05) is 28.3 Å². The molecule has 0 fully saturated rings. The van der Waals surface area contributed by atoms with E-state index < -0.39 is 0 Å². The van der Waals surface area contributed by atoms with Gasteiger partial charge >= 0.3 is 6.01 Å². The molecule has 0 unspecified atom stereocenters. The van der Waals surface area contributed by atoms with Crippen LogP contribution in [-0.4, -0.2) is 16.1 Å². The lowest BCUT2D eigenvalue weighted by Gasteiger charge is -2.00. The molecule has 1 aromatic carbocycles. The van der Waals surface area contributed by atoms with E-state index in [2.05, 4.69) is 15.5 Å². The zero-order chi connectivity index (χ0) is 14.8. The molecule has 0 aliphatic heterocycles. The van der Waals surface area contributed by atoms with E-state index in [0.29, 0.717) is 20.8 Å². The average molecular weight is 340 g/mol. The number of hydrogen-bond acceptors (Lipinski definition) is 5. The number of nitrogens with one attached hydrogen (secondary N) is 1. The first-order valence-electron chi connectivity index (χ1n) is 5.78. The van der Waals surface area contributed by atoms with Crippen LogP contribution in [0.15, 0.2) is 40.8 Å². The Morgan fingerprint density at radius 2 is 1.86 bits per heavy atom. The van der Waals surface area contributed by atoms with Crippen LogP contribution in [0.5, 0.6) is 0 Å². The SMILES string of the molecule is O=C(Nc1nnc(-c2ccc(Cl)s2)o1)c1ccc(Cl)cc1. The first kappa shape index (κ1) is 14.1. The number of aromatic nitrogens is 2. The lowest BCUT2D eigenvalue weighted by atomic mass is 10.2. The number of amides is 1. The molecule has 8 heteroatoms. The Balaban J connectivity index is 1.75. The summed E-state index contributed by atoms with van der Waals surface area (Å²) in [6.07, 6.45) is 0. The average Bonchev–Trinajstić information content (AvgIpc) is 3.08. The maximum absolute atomic E-state index is 12.0. The highest BCUT2D eigenvalue weighted by Gasteiger charge is 2.13. The van der Waals surface area contributed by atoms with Crippen molar-refractivity contribution in [2.75, 3.05) is 5.32 Å². The number of anilines is 1. The number of rotatable bonds is 3. The van der Waals surface area contributed by atoms with E-state index in [1.54, 1.807) is 36.4 Å². The molecule has 0 atom stereocenters. The standard InChI is InChI=1S/C13H7Cl2N3O2S/c14-8-3-1-7(2-4-8)11(19)16-13-18-17-12(20-13)9-5-6-10(15)21-9/h1-6H,(H,16,18,19). The number of nitrogens with zero attached hydrogens (tertiary/aromatic N) is 2. The second-order valence-corrected chi connectivity index (χ2v) is 6.13. The van der Waals surface area contributed by atoms with Crippen molar-refractivity contribution < 1.29 is 9.21 Å². The normalized spacial score (nSPS) is 10.6. The van der Waals surface area contributed by atoms with Gasteiger partial charge in [0.05, 0.1) is 9.21 Å². The van der Waals surface area contributed by atoms with Crippen LogP contribution < -0.4 is 5.32 Å². The monoisotopic (exact) mass is 339 g/mol. The van der Waals surface area contributed by atoms with E-state index in [4.69, 9.17) is 27.6 Å². The molecular weight excluding hydrogens is 333 g/mol. The maximum Gasteiger partial charge on any atom is 0.322 e. The minimum absolute atomic E-state index is 0.0227. The first-order valence-corrected chi connectivity index (χ1v) is 7.35. The molecule has 0 saturated carbocycles. The molecule has 0 saturated heterocycles. The number of hydrogen-bond donors (Lipinski definition) is 1. The van der Waals surface area contributed by atoms with Gasteiger partial charge in [0.15, 0.2) is 0 Å². The van der Waals surface area contributed by atoms with Gasteiger partial charge in [-0.3, -0.25) is 10.1 Å². The summed E-state index contributed by atoms with van der Waals surface area (Å²) in [6, 6.07) is 9.99. The summed E-state index contributed by atoms with van der Waals surface area (Å²) in [7, 11) is 0. The van der Waals surface area contributed by atoms with Gasteiger partial charge in [0.1, 0.15) is 0 Å². The Labute approximate surface area is 133 Å². The summed E-state index contributed by atoms with van der Waals surface area (Å²) in [5.41, 5.74) is 0.443. The van der Waals surface area contributed by atoms with Gasteiger partial charge in [-0.25, -0.2) is 0 Å². The van der Waals surface area contributed by atoms with E-state index in [0.717, 1.165) is 4.88 Å². The lowest BCUT2D eigenvalue weighted by molar-refractivity contribution is 0.102. The predicted molar refractivity (Wildman–Crippen MR) is 82.0 cm³/mol. The van der Waals surface area contributed by atoms with E-state index in [1.165, 1.54) is 11.3 Å². The molecule has 3 rings (SSSR count). The van der Waals surface area contributed by atoms with Crippen LogP contribution in [0.25, 0.3) is 10.8 Å². The molecule has 0 spiro atoms. The van der Waals surface area contributed by atoms with E-state index >= 15 is 0 Å². The van der Waals surface area contributed by atoms with Crippen LogP contribution in [0.2, 0.25) is 9.36 Å². The van der Waals surface area contributed by atoms with Crippen molar-refractivity contribution in [3.8, 4) is 10.8 Å². The van der Waals surface area contributed by atoms with Gasteiger partial charge in [-0.05, 0) is 36.4 Å². The van der Waals surface area contributed by atoms with Gasteiger partial charge in [-0.2, -0.15) is 0 Å². The van der Waals surface area contributed by atoms with Gasteiger partial charge in [0.2, 0.25) is 0 Å². The zero-order valence-corrected chi connectivity index (χ0v) is 12.7. The highest BCUT2D eigenvalue weighted by atomic mass is 35.5. The Kier molecular flexibility index (Phi) is 3.92. The third-order valence-electron chi connectivity index (χ3n) is 2.54. The van der Waals surface area contributed by atoms with Crippen molar-refractivity contribution >= 4 is 46.5 Å². The fourth-order valence-corrected chi connectivity index (χ4v) is 2.66. The van der Waals surface area contributed by atoms with Gasteiger partial charge in [0, 0.05) is 10.6 Å². The topological polar surface area (TPSA) is 68.0 Å². The number of benzene rings is 1. The van der Waals surface area contributed by atoms with Crippen molar-refractivity contribution in [1.82, 2.24) is 10.2 Å². The number of thiophene rings is 1. The van der Waals surface area contributed by atoms with E-state index in [1.807, 2.05) is 0 Å². The summed E-state index contributed by atoms with van der Waals surface area (Å²) < 4.78 is 5.99. The molecule has 3 aromatic rings. The molecule has 5 nitrogen and oxygen atoms in total. The number of carbonyl (C=O) groups is 1. The third-order valence-corrected chi connectivity index (χ3v) is 4.01. The lowest BCUT2D eigenvalue weighted by Crippen LogP contribution is -2.11. The van der Waals surface area contributed by atoms with Crippen LogP contribution in [0.4, 0.5) is 6.01 Å². The van der Waals surface area contributed by atoms with Crippen LogP contribution in [-0.2, 0) is 0 Å². The second-order valence-electron chi connectivity index (χ2n) is 3.98. The maximum atomic E-state index is 12.0. The molecule has 2 aromatic heterocycles. The molecule has 0 radical (unpaired) electrons. The van der Waals surface area contributed by atoms with Gasteiger partial charge in [-0.15, -0.1) is 16.4 Å². The molecule has 106 valence electrons. The smallest absolute Gasteiger partial charge is 0.322 e. The molecule has 21 heavy (non-hydrogen) atoms. The third kappa shape index (κ3) is 3.24. The van der Waals surface area contributed by atoms with Crippen molar-refractivity contribution in [2.45, 2.75) is 0 Å². The highest BCUT2D eigenvalue weighted by molar-refractivity contribution is 7.19. The zero-order valence-electron chi connectivity index (χ0n) is 10.3. The Morgan fingerprint density at radius 1 is 1.10 bits per heavy atom. The Hall–Kier alpha value is -1.89. The summed E-state index contributed by atoms with van der Waals surface area (Å²) in [5.74, 6) is -0.0515. The summed E-state index contributed by atoms with van der Waals surface area (Å²) in [5, 5.41) is 10.7. The molecule has 2 heterocycles. The number of halogens is 2. The Morgan fingerprint density at radius 3 is 2.52 bits per heavy atom. The van der Waals surface area contributed by atoms with E-state index in [-0.39, 0.29) is 11.9 Å². The molecular formula is C13H7Cl2N3O2S. The van der Waals surface area contributed by atoms with Crippen LogP contribution in [0.3, 0.4) is 0 Å². The van der Waals surface area contributed by atoms with Crippen LogP contribution in [0.1, 0.15) is 10.4 Å². The summed E-state index contributed by atoms with van der Waals surface area (Å²) in [4.78, 5) is 12.7. The second kappa shape index (κ2) is 5.85. The fraction of sp³-hybridized carbons (Fsp3) is 0. The molecule has 0 bridgehead atoms. The first-order chi connectivity index (χ1) is 10.1. The molecule has 1 N–H and O–H groups in total. The molecule has 1 amide bonds.